The summed E-state index contributed by atoms with van der Waals surface area (Å²) in [4.78, 5) is 11.0. The molecule has 0 atom stereocenters. The van der Waals surface area contributed by atoms with Crippen LogP contribution in [0.2, 0.25) is 0 Å². The smallest absolute Gasteiger partial charge is 0.233 e. The maximum Gasteiger partial charge on any atom is 0.233 e. The molecular weight excluding hydrogens is 204 g/mol. The van der Waals surface area contributed by atoms with E-state index in [-0.39, 0.29) is 5.91 Å². The minimum Gasteiger partial charge on any atom is -0.496 e. The van der Waals surface area contributed by atoms with Crippen molar-refractivity contribution in [3.8, 4) is 5.75 Å². The van der Waals surface area contributed by atoms with Gasteiger partial charge in [-0.1, -0.05) is 17.7 Å². The summed E-state index contributed by atoms with van der Waals surface area (Å²) in [5.41, 5.74) is 4.45. The van der Waals surface area contributed by atoms with Gasteiger partial charge in [-0.2, -0.15) is 0 Å². The second-order valence-electron chi connectivity index (χ2n) is 3.74. The lowest BCUT2D eigenvalue weighted by molar-refractivity contribution is -0.121. The third-order valence-corrected chi connectivity index (χ3v) is 2.45. The first-order chi connectivity index (χ1) is 7.67. The molecule has 0 aliphatic heterocycles. The van der Waals surface area contributed by atoms with Crippen molar-refractivity contribution in [1.82, 2.24) is 5.43 Å². The lowest BCUT2D eigenvalue weighted by Crippen LogP contribution is -2.29. The van der Waals surface area contributed by atoms with Crippen LogP contribution in [0.15, 0.2) is 18.2 Å². The molecule has 16 heavy (non-hydrogen) atoms. The van der Waals surface area contributed by atoms with Gasteiger partial charge in [0.15, 0.2) is 0 Å². The number of nitrogens with two attached hydrogens (primary N) is 1. The summed E-state index contributed by atoms with van der Waals surface area (Å²) in [5, 5.41) is 0. The van der Waals surface area contributed by atoms with Gasteiger partial charge in [0.25, 0.3) is 0 Å². The lowest BCUT2D eigenvalue weighted by atomic mass is 10.0. The van der Waals surface area contributed by atoms with Crippen molar-refractivity contribution >= 4 is 5.91 Å². The minimum absolute atomic E-state index is 0.133. The van der Waals surface area contributed by atoms with Crippen LogP contribution in [-0.2, 0) is 11.2 Å². The fraction of sp³-hybridized carbons (Fsp3) is 0.417. The lowest BCUT2D eigenvalue weighted by Gasteiger charge is -2.09. The van der Waals surface area contributed by atoms with Crippen LogP contribution in [-0.4, -0.2) is 13.0 Å². The summed E-state index contributed by atoms with van der Waals surface area (Å²) in [5.74, 6) is 5.75. The van der Waals surface area contributed by atoms with Crippen molar-refractivity contribution in [3.63, 3.8) is 0 Å². The third kappa shape index (κ3) is 3.55. The molecule has 1 amide bonds. The maximum absolute atomic E-state index is 11.0. The molecule has 0 aromatic heterocycles. The normalized spacial score (nSPS) is 9.94. The Morgan fingerprint density at radius 3 is 2.88 bits per heavy atom. The number of carbonyl (C=O) groups is 1. The predicted octanol–water partition coefficient (Wildman–Crippen LogP) is 1.32. The quantitative estimate of drug-likeness (QED) is 0.448. The molecule has 4 heteroatoms. The molecule has 0 aliphatic carbocycles. The molecule has 0 spiro atoms. The van der Waals surface area contributed by atoms with Crippen molar-refractivity contribution in [2.45, 2.75) is 26.2 Å². The van der Waals surface area contributed by atoms with E-state index in [4.69, 9.17) is 10.6 Å². The van der Waals surface area contributed by atoms with Gasteiger partial charge < -0.3 is 4.74 Å². The molecule has 0 heterocycles. The molecule has 0 saturated heterocycles. The van der Waals surface area contributed by atoms with E-state index in [0.29, 0.717) is 6.42 Å². The van der Waals surface area contributed by atoms with Crippen molar-refractivity contribution in [1.29, 1.82) is 0 Å². The van der Waals surface area contributed by atoms with Crippen LogP contribution < -0.4 is 16.0 Å². The minimum atomic E-state index is -0.133. The Bertz CT molecular complexity index is 364. The van der Waals surface area contributed by atoms with Crippen LogP contribution in [0, 0.1) is 6.92 Å². The molecule has 0 unspecified atom stereocenters. The van der Waals surface area contributed by atoms with Gasteiger partial charge in [-0.15, -0.1) is 0 Å². The second kappa shape index (κ2) is 6.12. The number of benzene rings is 1. The fourth-order valence-electron chi connectivity index (χ4n) is 1.61. The number of nitrogens with one attached hydrogen (secondary N) is 1. The molecule has 0 bridgehead atoms. The van der Waals surface area contributed by atoms with Gasteiger partial charge in [0.1, 0.15) is 5.75 Å². The second-order valence-corrected chi connectivity index (χ2v) is 3.74. The van der Waals surface area contributed by atoms with Gasteiger partial charge >= 0.3 is 0 Å². The van der Waals surface area contributed by atoms with Gasteiger partial charge in [0, 0.05) is 6.42 Å². The summed E-state index contributed by atoms with van der Waals surface area (Å²) >= 11 is 0. The van der Waals surface area contributed by atoms with E-state index in [1.165, 1.54) is 5.56 Å². The molecule has 3 N–H and O–H groups in total. The van der Waals surface area contributed by atoms with Crippen LogP contribution in [0.4, 0.5) is 0 Å². The third-order valence-electron chi connectivity index (χ3n) is 2.45. The molecule has 1 aromatic carbocycles. The number of hydrogen-bond acceptors (Lipinski definition) is 3. The zero-order valence-corrected chi connectivity index (χ0v) is 9.75. The number of methoxy groups -OCH3 is 1. The zero-order valence-electron chi connectivity index (χ0n) is 9.75. The summed E-state index contributed by atoms with van der Waals surface area (Å²) in [7, 11) is 1.65. The fourth-order valence-corrected chi connectivity index (χ4v) is 1.61. The Balaban J connectivity index is 2.58. The van der Waals surface area contributed by atoms with E-state index < -0.39 is 0 Å². The number of hydrogen-bond donors (Lipinski definition) is 2. The Morgan fingerprint density at radius 2 is 2.25 bits per heavy atom. The Morgan fingerprint density at radius 1 is 1.50 bits per heavy atom. The number of aryl methyl sites for hydroxylation is 2. The molecule has 0 fully saturated rings. The van der Waals surface area contributed by atoms with Crippen LogP contribution in [0.3, 0.4) is 0 Å². The monoisotopic (exact) mass is 222 g/mol. The molecule has 0 saturated carbocycles. The first-order valence-corrected chi connectivity index (χ1v) is 5.30. The van der Waals surface area contributed by atoms with Gasteiger partial charge in [-0.05, 0) is 31.4 Å². The Labute approximate surface area is 95.8 Å². The van der Waals surface area contributed by atoms with Crippen LogP contribution in [0.1, 0.15) is 24.0 Å². The SMILES string of the molecule is COc1ccc(C)cc1CCCC(=O)NN. The van der Waals surface area contributed by atoms with Gasteiger partial charge in [-0.3, -0.25) is 10.2 Å². The van der Waals surface area contributed by atoms with Crippen LogP contribution in [0.25, 0.3) is 0 Å². The number of rotatable bonds is 5. The summed E-state index contributed by atoms with van der Waals surface area (Å²) in [6, 6.07) is 6.04. The topological polar surface area (TPSA) is 64.3 Å². The van der Waals surface area contributed by atoms with Gasteiger partial charge in [0.2, 0.25) is 5.91 Å². The molecule has 4 nitrogen and oxygen atoms in total. The Kier molecular flexibility index (Phi) is 4.79. The molecule has 1 rings (SSSR count). The summed E-state index contributed by atoms with van der Waals surface area (Å²) in [6.07, 6.45) is 2.02. The number of ether oxygens (including phenoxy) is 1. The van der Waals surface area contributed by atoms with E-state index in [2.05, 4.69) is 11.5 Å². The highest BCUT2D eigenvalue weighted by Crippen LogP contribution is 2.21. The predicted molar refractivity (Wildman–Crippen MR) is 63.0 cm³/mol. The van der Waals surface area contributed by atoms with E-state index in [9.17, 15) is 4.79 Å². The van der Waals surface area contributed by atoms with Crippen molar-refractivity contribution in [3.05, 3.63) is 29.3 Å². The van der Waals surface area contributed by atoms with Crippen molar-refractivity contribution in [2.24, 2.45) is 5.84 Å². The summed E-state index contributed by atoms with van der Waals surface area (Å²) < 4.78 is 5.26. The van der Waals surface area contributed by atoms with Gasteiger partial charge in [-0.25, -0.2) is 5.84 Å². The standard InChI is InChI=1S/C12H18N2O2/c1-9-6-7-11(16-2)10(8-9)4-3-5-12(15)14-13/h6-8H,3-5,13H2,1-2H3,(H,14,15). The van der Waals surface area contributed by atoms with Crippen molar-refractivity contribution in [2.75, 3.05) is 7.11 Å². The average Bonchev–Trinajstić information content (AvgIpc) is 2.29. The largest absolute Gasteiger partial charge is 0.496 e. The molecule has 1 aromatic rings. The number of hydrazine groups is 1. The summed E-state index contributed by atoms with van der Waals surface area (Å²) in [6.45, 7) is 2.04. The Hall–Kier alpha value is -1.55. The van der Waals surface area contributed by atoms with E-state index in [1.54, 1.807) is 7.11 Å². The number of amides is 1. The highest BCUT2D eigenvalue weighted by Gasteiger charge is 2.04. The molecule has 0 aliphatic rings. The highest BCUT2D eigenvalue weighted by molar-refractivity contribution is 5.75. The molecule has 88 valence electrons. The zero-order chi connectivity index (χ0) is 12.0. The first kappa shape index (κ1) is 12.5. The maximum atomic E-state index is 11.0. The molecule has 0 radical (unpaired) electrons. The number of carbonyl (C=O) groups excluding carboxylic acids is 1. The van der Waals surface area contributed by atoms with E-state index in [0.717, 1.165) is 24.2 Å². The van der Waals surface area contributed by atoms with E-state index in [1.807, 2.05) is 19.1 Å². The van der Waals surface area contributed by atoms with Crippen LogP contribution in [0.5, 0.6) is 5.75 Å². The highest BCUT2D eigenvalue weighted by atomic mass is 16.5. The average molecular weight is 222 g/mol. The molecular formula is C12H18N2O2. The van der Waals surface area contributed by atoms with Gasteiger partial charge in [0.05, 0.1) is 7.11 Å². The van der Waals surface area contributed by atoms with Crippen molar-refractivity contribution < 1.29 is 9.53 Å². The first-order valence-electron chi connectivity index (χ1n) is 5.30. The van der Waals surface area contributed by atoms with Crippen LogP contribution >= 0.6 is 0 Å². The van der Waals surface area contributed by atoms with E-state index >= 15 is 0 Å².